The van der Waals surface area contributed by atoms with Gasteiger partial charge in [0.15, 0.2) is 12.1 Å². The lowest BCUT2D eigenvalue weighted by molar-refractivity contribution is -0.127. The molecule has 4 nitrogen and oxygen atoms in total. The summed E-state index contributed by atoms with van der Waals surface area (Å²) in [6.45, 7) is 12.1. The van der Waals surface area contributed by atoms with Crippen LogP contribution in [0.5, 0.6) is 0 Å². The number of hydrogen-bond donors (Lipinski definition) is 0. The first kappa shape index (κ1) is 29.2. The largest absolute Gasteiger partial charge is 0.401 e. The van der Waals surface area contributed by atoms with Crippen molar-refractivity contribution in [3.63, 3.8) is 0 Å². The number of ether oxygens (including phenoxy) is 2. The maximum Gasteiger partial charge on any atom is 0.261 e. The number of rotatable bonds is 14. The molecule has 0 bridgehead atoms. The summed E-state index contributed by atoms with van der Waals surface area (Å²) in [5, 5.41) is 2.37. The van der Waals surface area contributed by atoms with Crippen LogP contribution in [0, 0.1) is 0 Å². The van der Waals surface area contributed by atoms with Gasteiger partial charge in [-0.05, 0) is 66.6 Å². The number of benzene rings is 2. The van der Waals surface area contributed by atoms with E-state index in [1.807, 2.05) is 26.0 Å². The SMILES string of the molecule is CCOC(C)OCCCC/C=C/CC1=C[C@H](O[Si](c2ccccc2)(c2ccccc2)C(C)(C)C)CC1=O. The molecule has 1 aliphatic carbocycles. The van der Waals surface area contributed by atoms with Gasteiger partial charge in [-0.25, -0.2) is 0 Å². The lowest BCUT2D eigenvalue weighted by Gasteiger charge is -2.44. The highest BCUT2D eigenvalue weighted by molar-refractivity contribution is 6.99. The summed E-state index contributed by atoms with van der Waals surface area (Å²) in [6.07, 6.45) is 10.2. The third-order valence-corrected chi connectivity index (χ3v) is 12.0. The number of ketones is 1. The molecule has 0 aliphatic heterocycles. The predicted octanol–water partition coefficient (Wildman–Crippen LogP) is 6.35. The minimum absolute atomic E-state index is 0.112. The molecule has 1 unspecified atom stereocenters. The molecule has 0 amide bonds. The standard InChI is InChI=1S/C32H44O4Si/c1-6-34-26(2)35-23-17-9-7-8-12-18-27-24-28(25-31(27)33)36-37(32(3,4)5,29-19-13-10-14-20-29)30-21-15-11-16-22-30/h8,10-16,19-22,24,26,28H,6-7,9,17-18,23,25H2,1-5H3/b12-8+/t26?,28-/m0/s1. The second-order valence-electron chi connectivity index (χ2n) is 10.7. The molecule has 0 aromatic heterocycles. The topological polar surface area (TPSA) is 44.8 Å². The van der Waals surface area contributed by atoms with Gasteiger partial charge in [0.05, 0.1) is 6.10 Å². The molecule has 2 aromatic rings. The number of carbonyl (C=O) groups is 1. The van der Waals surface area contributed by atoms with Gasteiger partial charge in [0.25, 0.3) is 8.32 Å². The second kappa shape index (κ2) is 14.0. The zero-order valence-corrected chi connectivity index (χ0v) is 24.2. The fourth-order valence-corrected chi connectivity index (χ4v) is 9.71. The van der Waals surface area contributed by atoms with Crippen molar-refractivity contribution in [2.24, 2.45) is 0 Å². The Kier molecular flexibility index (Phi) is 11.1. The molecule has 0 saturated carbocycles. The molecular formula is C32H44O4Si. The van der Waals surface area contributed by atoms with Crippen molar-refractivity contribution in [1.29, 1.82) is 0 Å². The van der Waals surface area contributed by atoms with Crippen molar-refractivity contribution in [2.75, 3.05) is 13.2 Å². The van der Waals surface area contributed by atoms with Crippen LogP contribution >= 0.6 is 0 Å². The van der Waals surface area contributed by atoms with E-state index in [1.54, 1.807) is 0 Å². The van der Waals surface area contributed by atoms with E-state index >= 15 is 0 Å². The molecular weight excluding hydrogens is 476 g/mol. The van der Waals surface area contributed by atoms with Gasteiger partial charge >= 0.3 is 0 Å². The molecule has 2 aromatic carbocycles. The summed E-state index contributed by atoms with van der Waals surface area (Å²) in [7, 11) is -2.68. The van der Waals surface area contributed by atoms with Crippen molar-refractivity contribution >= 4 is 24.5 Å². The number of carbonyl (C=O) groups excluding carboxylic acids is 1. The molecule has 37 heavy (non-hydrogen) atoms. The van der Waals surface area contributed by atoms with Crippen LogP contribution in [0.4, 0.5) is 0 Å². The highest BCUT2D eigenvalue weighted by atomic mass is 28.4. The van der Waals surface area contributed by atoms with Gasteiger partial charge in [0.2, 0.25) is 0 Å². The van der Waals surface area contributed by atoms with Crippen LogP contribution < -0.4 is 10.4 Å². The summed E-state index contributed by atoms with van der Waals surface area (Å²) in [6, 6.07) is 21.2. The lowest BCUT2D eigenvalue weighted by atomic mass is 10.1. The third kappa shape index (κ3) is 7.84. The van der Waals surface area contributed by atoms with Crippen LogP contribution in [0.15, 0.2) is 84.5 Å². The lowest BCUT2D eigenvalue weighted by Crippen LogP contribution is -2.67. The summed E-state index contributed by atoms with van der Waals surface area (Å²) in [4.78, 5) is 12.9. The molecule has 0 heterocycles. The highest BCUT2D eigenvalue weighted by Gasteiger charge is 2.51. The minimum atomic E-state index is -2.68. The van der Waals surface area contributed by atoms with E-state index in [4.69, 9.17) is 13.9 Å². The van der Waals surface area contributed by atoms with Gasteiger partial charge in [0, 0.05) is 19.6 Å². The maximum absolute atomic E-state index is 12.9. The quantitative estimate of drug-likeness (QED) is 0.126. The van der Waals surface area contributed by atoms with Gasteiger partial charge in [-0.1, -0.05) is 93.6 Å². The van der Waals surface area contributed by atoms with Crippen molar-refractivity contribution in [3.05, 3.63) is 84.5 Å². The number of hydrogen-bond acceptors (Lipinski definition) is 4. The van der Waals surface area contributed by atoms with E-state index in [-0.39, 0.29) is 23.2 Å². The molecule has 0 spiro atoms. The highest BCUT2D eigenvalue weighted by Crippen LogP contribution is 2.39. The van der Waals surface area contributed by atoms with Crippen molar-refractivity contribution in [1.82, 2.24) is 0 Å². The minimum Gasteiger partial charge on any atom is -0.401 e. The Balaban J connectivity index is 1.66. The van der Waals surface area contributed by atoms with Gasteiger partial charge in [0.1, 0.15) is 0 Å². The predicted molar refractivity (Wildman–Crippen MR) is 155 cm³/mol. The number of allylic oxidation sites excluding steroid dienone is 3. The third-order valence-electron chi connectivity index (χ3n) is 6.90. The van der Waals surface area contributed by atoms with E-state index in [1.165, 1.54) is 10.4 Å². The van der Waals surface area contributed by atoms with E-state index < -0.39 is 8.32 Å². The summed E-state index contributed by atoms with van der Waals surface area (Å²) in [5.41, 5.74) is 0.869. The van der Waals surface area contributed by atoms with E-state index in [0.29, 0.717) is 26.1 Å². The van der Waals surface area contributed by atoms with E-state index in [0.717, 1.165) is 24.8 Å². The molecule has 5 heteroatoms. The Morgan fingerprint density at radius 3 is 2.14 bits per heavy atom. The number of Topliss-reactive ketones (excluding diaryl/α,β-unsaturated/α-hetero) is 1. The first-order chi connectivity index (χ1) is 17.8. The molecule has 0 fully saturated rings. The molecule has 0 N–H and O–H groups in total. The normalized spacial score (nSPS) is 17.4. The van der Waals surface area contributed by atoms with E-state index in [9.17, 15) is 4.79 Å². The monoisotopic (exact) mass is 520 g/mol. The summed E-state index contributed by atoms with van der Waals surface area (Å²) >= 11 is 0. The summed E-state index contributed by atoms with van der Waals surface area (Å²) < 4.78 is 18.1. The van der Waals surface area contributed by atoms with E-state index in [2.05, 4.69) is 87.5 Å². The average molecular weight is 521 g/mol. The Morgan fingerprint density at radius 1 is 0.946 bits per heavy atom. The van der Waals surface area contributed by atoms with Crippen LogP contribution in [0.2, 0.25) is 5.04 Å². The van der Waals surface area contributed by atoms with Crippen molar-refractivity contribution in [2.45, 2.75) is 84.2 Å². The fraction of sp³-hybridized carbons (Fsp3) is 0.469. The Labute approximate surface area is 224 Å². The molecule has 3 rings (SSSR count). The van der Waals surface area contributed by atoms with Crippen LogP contribution in [0.25, 0.3) is 0 Å². The zero-order valence-electron chi connectivity index (χ0n) is 23.2. The Morgan fingerprint density at radius 2 is 1.57 bits per heavy atom. The van der Waals surface area contributed by atoms with Crippen LogP contribution in [0.3, 0.4) is 0 Å². The number of unbranched alkanes of at least 4 members (excludes halogenated alkanes) is 2. The molecule has 2 atom stereocenters. The molecule has 0 saturated heterocycles. The first-order valence-electron chi connectivity index (χ1n) is 13.7. The van der Waals surface area contributed by atoms with Crippen LogP contribution in [-0.4, -0.2) is 39.7 Å². The van der Waals surface area contributed by atoms with Crippen LogP contribution in [-0.2, 0) is 18.7 Å². The summed E-state index contributed by atoms with van der Waals surface area (Å²) in [5.74, 6) is 0.200. The molecule has 1 aliphatic rings. The van der Waals surface area contributed by atoms with Crippen molar-refractivity contribution < 1.29 is 18.7 Å². The fourth-order valence-electron chi connectivity index (χ4n) is 5.09. The van der Waals surface area contributed by atoms with Gasteiger partial charge in [-0.2, -0.15) is 0 Å². The maximum atomic E-state index is 12.9. The van der Waals surface area contributed by atoms with Crippen molar-refractivity contribution in [3.8, 4) is 0 Å². The Hall–Kier alpha value is -2.31. The smallest absolute Gasteiger partial charge is 0.261 e. The van der Waals surface area contributed by atoms with Gasteiger partial charge in [-0.15, -0.1) is 0 Å². The zero-order chi connectivity index (χ0) is 26.7. The molecule has 0 radical (unpaired) electrons. The van der Waals surface area contributed by atoms with Gasteiger partial charge in [-0.3, -0.25) is 4.79 Å². The average Bonchev–Trinajstić information content (AvgIpc) is 3.23. The van der Waals surface area contributed by atoms with Gasteiger partial charge < -0.3 is 13.9 Å². The molecule has 200 valence electrons. The van der Waals surface area contributed by atoms with Crippen LogP contribution in [0.1, 0.15) is 66.7 Å². The Bertz CT molecular complexity index is 984. The first-order valence-corrected chi connectivity index (χ1v) is 15.6. The second-order valence-corrected chi connectivity index (χ2v) is 15.0.